The van der Waals surface area contributed by atoms with Gasteiger partial charge in [-0.1, -0.05) is 12.1 Å². The molecule has 0 saturated carbocycles. The molecule has 1 aromatic rings. The number of carbonyl (C=O) groups is 1. The van der Waals surface area contributed by atoms with E-state index in [4.69, 9.17) is 11.6 Å². The molecule has 2 atom stereocenters. The first-order valence-electron chi connectivity index (χ1n) is 4.51. The number of aliphatic hydroxyl groups excluding tert-OH is 1. The van der Waals surface area contributed by atoms with Gasteiger partial charge in [0.05, 0.1) is 10.5 Å². The molecule has 1 N–H and O–H groups in total. The molecule has 5 nitrogen and oxygen atoms in total. The number of carbonyl (C=O) groups excluding carboxylic acids is 1. The fourth-order valence-electron chi connectivity index (χ4n) is 1.28. The van der Waals surface area contributed by atoms with Crippen LogP contribution in [0.25, 0.3) is 0 Å². The van der Waals surface area contributed by atoms with Crippen LogP contribution in [0.2, 0.25) is 0 Å². The summed E-state index contributed by atoms with van der Waals surface area (Å²) in [4.78, 5) is 21.0. The van der Waals surface area contributed by atoms with Gasteiger partial charge >= 0.3 is 0 Å². The maximum absolute atomic E-state index is 11.0. The van der Waals surface area contributed by atoms with Crippen LogP contribution in [0.15, 0.2) is 24.3 Å². The van der Waals surface area contributed by atoms with Crippen LogP contribution in [0.1, 0.15) is 18.6 Å². The normalized spacial score (nSPS) is 14.2. The van der Waals surface area contributed by atoms with E-state index in [0.29, 0.717) is 0 Å². The third-order valence-corrected chi connectivity index (χ3v) is 2.66. The average Bonchev–Trinajstić information content (AvgIpc) is 2.26. The SMILES string of the molecule is CC(=O)[C@@H](Cl)[C@@H](O)c1ccccc1[N+](=O)[O-]. The van der Waals surface area contributed by atoms with E-state index >= 15 is 0 Å². The molecule has 0 aliphatic rings. The number of ketones is 1. The van der Waals surface area contributed by atoms with Crippen molar-refractivity contribution in [2.75, 3.05) is 0 Å². The maximum Gasteiger partial charge on any atom is 0.275 e. The van der Waals surface area contributed by atoms with Crippen LogP contribution in [-0.2, 0) is 4.79 Å². The molecule has 0 aromatic heterocycles. The smallest absolute Gasteiger partial charge is 0.275 e. The summed E-state index contributed by atoms with van der Waals surface area (Å²) in [5, 5.41) is 19.2. The summed E-state index contributed by atoms with van der Waals surface area (Å²) in [5.74, 6) is -0.438. The quantitative estimate of drug-likeness (QED) is 0.497. The predicted octanol–water partition coefficient (Wildman–Crippen LogP) is 1.82. The van der Waals surface area contributed by atoms with Crippen molar-refractivity contribution >= 4 is 23.1 Å². The van der Waals surface area contributed by atoms with Crippen molar-refractivity contribution in [2.45, 2.75) is 18.4 Å². The van der Waals surface area contributed by atoms with E-state index in [-0.39, 0.29) is 11.3 Å². The minimum atomic E-state index is -1.37. The Morgan fingerprint density at radius 3 is 2.56 bits per heavy atom. The Morgan fingerprint density at radius 1 is 1.50 bits per heavy atom. The number of rotatable bonds is 4. The minimum absolute atomic E-state index is 0.0442. The molecule has 0 heterocycles. The molecule has 0 radical (unpaired) electrons. The van der Waals surface area contributed by atoms with Crippen LogP contribution in [-0.4, -0.2) is 21.2 Å². The summed E-state index contributed by atoms with van der Waals surface area (Å²) < 4.78 is 0. The molecule has 0 spiro atoms. The zero-order chi connectivity index (χ0) is 12.3. The number of alkyl halides is 1. The van der Waals surface area contributed by atoms with Crippen LogP contribution in [0.4, 0.5) is 5.69 Å². The number of aliphatic hydroxyl groups is 1. The maximum atomic E-state index is 11.0. The van der Waals surface area contributed by atoms with Gasteiger partial charge < -0.3 is 5.11 Å². The fraction of sp³-hybridized carbons (Fsp3) is 0.300. The number of hydrogen-bond acceptors (Lipinski definition) is 4. The van der Waals surface area contributed by atoms with Gasteiger partial charge in [-0.2, -0.15) is 0 Å². The van der Waals surface area contributed by atoms with E-state index in [9.17, 15) is 20.0 Å². The number of hydrogen-bond donors (Lipinski definition) is 1. The summed E-state index contributed by atoms with van der Waals surface area (Å²) >= 11 is 5.66. The predicted molar refractivity (Wildman–Crippen MR) is 58.4 cm³/mol. The molecule has 6 heteroatoms. The third-order valence-electron chi connectivity index (χ3n) is 2.12. The van der Waals surface area contributed by atoms with E-state index < -0.39 is 22.2 Å². The molecule has 1 aromatic carbocycles. The lowest BCUT2D eigenvalue weighted by atomic mass is 10.0. The second-order valence-corrected chi connectivity index (χ2v) is 3.74. The number of halogens is 1. The molecule has 0 amide bonds. The van der Waals surface area contributed by atoms with Gasteiger partial charge in [0, 0.05) is 6.07 Å². The second kappa shape index (κ2) is 5.05. The van der Waals surface area contributed by atoms with Crippen molar-refractivity contribution in [3.63, 3.8) is 0 Å². The molecule has 16 heavy (non-hydrogen) atoms. The molecular formula is C10H10ClNO4. The van der Waals surface area contributed by atoms with Crippen LogP contribution in [0.3, 0.4) is 0 Å². The Bertz CT molecular complexity index is 421. The van der Waals surface area contributed by atoms with Crippen LogP contribution >= 0.6 is 11.6 Å². The van der Waals surface area contributed by atoms with Crippen molar-refractivity contribution in [3.8, 4) is 0 Å². The zero-order valence-corrected chi connectivity index (χ0v) is 9.22. The summed E-state index contributed by atoms with van der Waals surface area (Å²) in [6.45, 7) is 1.22. The molecule has 0 unspecified atom stereocenters. The number of nitro groups is 1. The minimum Gasteiger partial charge on any atom is -0.386 e. The highest BCUT2D eigenvalue weighted by atomic mass is 35.5. The topological polar surface area (TPSA) is 80.4 Å². The van der Waals surface area contributed by atoms with Gasteiger partial charge in [0.15, 0.2) is 5.78 Å². The monoisotopic (exact) mass is 243 g/mol. The van der Waals surface area contributed by atoms with Crippen molar-refractivity contribution in [1.29, 1.82) is 0 Å². The lowest BCUT2D eigenvalue weighted by molar-refractivity contribution is -0.386. The fourth-order valence-corrected chi connectivity index (χ4v) is 1.42. The molecule has 0 saturated heterocycles. The highest BCUT2D eigenvalue weighted by molar-refractivity contribution is 6.31. The Morgan fingerprint density at radius 2 is 2.06 bits per heavy atom. The molecule has 0 aliphatic heterocycles. The largest absolute Gasteiger partial charge is 0.386 e. The summed E-state index contributed by atoms with van der Waals surface area (Å²) in [5.41, 5.74) is -0.204. The van der Waals surface area contributed by atoms with Gasteiger partial charge in [0.1, 0.15) is 11.5 Å². The number of nitrogens with zero attached hydrogens (tertiary/aromatic N) is 1. The molecule has 0 aliphatic carbocycles. The van der Waals surface area contributed by atoms with E-state index in [1.54, 1.807) is 0 Å². The summed E-state index contributed by atoms with van der Waals surface area (Å²) in [7, 11) is 0. The van der Waals surface area contributed by atoms with Crippen LogP contribution < -0.4 is 0 Å². The highest BCUT2D eigenvalue weighted by Crippen LogP contribution is 2.29. The summed E-state index contributed by atoms with van der Waals surface area (Å²) in [6.07, 6.45) is -1.37. The first-order chi connectivity index (χ1) is 7.45. The van der Waals surface area contributed by atoms with Crippen LogP contribution in [0.5, 0.6) is 0 Å². The second-order valence-electron chi connectivity index (χ2n) is 3.27. The molecule has 0 fully saturated rings. The highest BCUT2D eigenvalue weighted by Gasteiger charge is 2.28. The van der Waals surface area contributed by atoms with E-state index in [1.807, 2.05) is 0 Å². The van der Waals surface area contributed by atoms with Gasteiger partial charge in [-0.3, -0.25) is 14.9 Å². The lowest BCUT2D eigenvalue weighted by Crippen LogP contribution is -2.21. The first kappa shape index (κ1) is 12.6. The van der Waals surface area contributed by atoms with Crippen molar-refractivity contribution in [2.24, 2.45) is 0 Å². The van der Waals surface area contributed by atoms with E-state index in [2.05, 4.69) is 0 Å². The Balaban J connectivity index is 3.12. The van der Waals surface area contributed by atoms with Crippen molar-refractivity contribution < 1.29 is 14.8 Å². The van der Waals surface area contributed by atoms with Gasteiger partial charge in [-0.05, 0) is 13.0 Å². The molecule has 1 rings (SSSR count). The molecule has 0 bridgehead atoms. The van der Waals surface area contributed by atoms with Crippen LogP contribution in [0, 0.1) is 10.1 Å². The first-order valence-corrected chi connectivity index (χ1v) is 4.94. The van der Waals surface area contributed by atoms with Crippen molar-refractivity contribution in [1.82, 2.24) is 0 Å². The Kier molecular flexibility index (Phi) is 3.98. The molecular weight excluding hydrogens is 234 g/mol. The average molecular weight is 244 g/mol. The Labute approximate surface area is 96.8 Å². The van der Waals surface area contributed by atoms with Crippen molar-refractivity contribution in [3.05, 3.63) is 39.9 Å². The Hall–Kier alpha value is -1.46. The van der Waals surface area contributed by atoms with Gasteiger partial charge in [-0.15, -0.1) is 11.6 Å². The summed E-state index contributed by atoms with van der Waals surface area (Å²) in [6, 6.07) is 5.64. The third kappa shape index (κ3) is 2.56. The number of para-hydroxylation sites is 1. The van der Waals surface area contributed by atoms with Gasteiger partial charge in [0.2, 0.25) is 0 Å². The van der Waals surface area contributed by atoms with E-state index in [1.165, 1.54) is 31.2 Å². The van der Waals surface area contributed by atoms with Gasteiger partial charge in [0.25, 0.3) is 5.69 Å². The van der Waals surface area contributed by atoms with E-state index in [0.717, 1.165) is 0 Å². The number of benzene rings is 1. The van der Waals surface area contributed by atoms with Gasteiger partial charge in [-0.25, -0.2) is 0 Å². The number of nitro benzene ring substituents is 1. The standard InChI is InChI=1S/C10H10ClNO4/c1-6(13)9(11)10(14)7-4-2-3-5-8(7)12(15)16/h2-5,9-10,14H,1H3/t9-,10+/m1/s1. The number of Topliss-reactive ketones (excluding diaryl/α,β-unsaturated/α-hetero) is 1. The lowest BCUT2D eigenvalue weighted by Gasteiger charge is -2.14. The zero-order valence-electron chi connectivity index (χ0n) is 8.46. The molecule has 86 valence electrons.